The van der Waals surface area contributed by atoms with Gasteiger partial charge in [-0.25, -0.2) is 8.42 Å². The second kappa shape index (κ2) is 15.2. The number of carbonyl (C=O) groups is 2. The predicted octanol–water partition coefficient (Wildman–Crippen LogP) is 7.28. The van der Waals surface area contributed by atoms with E-state index in [0.717, 1.165) is 26.6 Å². The normalized spacial score (nSPS) is 12.1. The molecule has 4 aromatic rings. The first-order valence-corrected chi connectivity index (χ1v) is 17.2. The SMILES string of the molecule is Cc1ccc(S(=O)(=O)N(CC(=O)N(Cc2ccc(Cl)c(Cl)c2)[C@@H](Cc2ccccc2)C(=O)NC(C)C)c2cccc(C)c2C)cc1. The largest absolute Gasteiger partial charge is 0.352 e. The van der Waals surface area contributed by atoms with Gasteiger partial charge in [-0.3, -0.25) is 13.9 Å². The van der Waals surface area contributed by atoms with Gasteiger partial charge in [-0.15, -0.1) is 0 Å². The molecule has 1 N–H and O–H groups in total. The highest BCUT2D eigenvalue weighted by Gasteiger charge is 2.35. The average molecular weight is 681 g/mol. The summed E-state index contributed by atoms with van der Waals surface area (Å²) in [5.74, 6) is -0.908. The summed E-state index contributed by atoms with van der Waals surface area (Å²) in [6.45, 7) is 8.73. The van der Waals surface area contributed by atoms with Gasteiger partial charge in [0.25, 0.3) is 10.0 Å². The molecule has 1 atom stereocenters. The average Bonchev–Trinajstić information content (AvgIpc) is 3.01. The van der Waals surface area contributed by atoms with E-state index in [2.05, 4.69) is 5.32 Å². The number of benzene rings is 4. The number of halogens is 2. The molecule has 0 aliphatic carbocycles. The van der Waals surface area contributed by atoms with Crippen LogP contribution in [0.15, 0.2) is 95.9 Å². The Kier molecular flexibility index (Phi) is 11.5. The third kappa shape index (κ3) is 8.49. The van der Waals surface area contributed by atoms with Gasteiger partial charge in [-0.2, -0.15) is 0 Å². The summed E-state index contributed by atoms with van der Waals surface area (Å²) in [5, 5.41) is 3.61. The molecule has 0 spiro atoms. The second-order valence-electron chi connectivity index (χ2n) is 11.7. The second-order valence-corrected chi connectivity index (χ2v) is 14.4. The van der Waals surface area contributed by atoms with Crippen LogP contribution in [0.2, 0.25) is 10.0 Å². The van der Waals surface area contributed by atoms with Crippen LogP contribution < -0.4 is 9.62 Å². The molecule has 0 saturated heterocycles. The zero-order valence-corrected chi connectivity index (χ0v) is 29.0. The molecule has 242 valence electrons. The summed E-state index contributed by atoms with van der Waals surface area (Å²) in [4.78, 5) is 29.9. The van der Waals surface area contributed by atoms with E-state index < -0.39 is 28.5 Å². The first-order valence-electron chi connectivity index (χ1n) is 15.0. The molecule has 0 aliphatic rings. The van der Waals surface area contributed by atoms with E-state index in [1.807, 2.05) is 71.0 Å². The summed E-state index contributed by atoms with van der Waals surface area (Å²) in [6, 6.07) is 25.1. The van der Waals surface area contributed by atoms with Crippen molar-refractivity contribution in [3.8, 4) is 0 Å². The highest BCUT2D eigenvalue weighted by Crippen LogP contribution is 2.30. The van der Waals surface area contributed by atoms with E-state index in [0.29, 0.717) is 21.3 Å². The number of rotatable bonds is 12. The monoisotopic (exact) mass is 679 g/mol. The van der Waals surface area contributed by atoms with Gasteiger partial charge in [0.05, 0.1) is 20.6 Å². The van der Waals surface area contributed by atoms with Crippen molar-refractivity contribution in [2.75, 3.05) is 10.8 Å². The van der Waals surface area contributed by atoms with Crippen LogP contribution in [-0.2, 0) is 32.6 Å². The van der Waals surface area contributed by atoms with Crippen molar-refractivity contribution in [2.24, 2.45) is 0 Å². The number of aryl methyl sites for hydroxylation is 2. The van der Waals surface area contributed by atoms with Gasteiger partial charge in [0.15, 0.2) is 0 Å². The topological polar surface area (TPSA) is 86.8 Å². The Balaban J connectivity index is 1.85. The smallest absolute Gasteiger partial charge is 0.264 e. The first-order chi connectivity index (χ1) is 21.8. The van der Waals surface area contributed by atoms with Gasteiger partial charge in [0, 0.05) is 19.0 Å². The standard InChI is InChI=1S/C36H39Cl2N3O4S/c1-24(2)39-36(43)34(21-28-11-7-6-8-12-28)40(22-29-16-19-31(37)32(38)20-29)35(42)23-41(33-13-9-10-26(4)27(33)5)46(44,45)30-17-14-25(3)15-18-30/h6-20,24,34H,21-23H2,1-5H3,(H,39,43)/t34-/m0/s1. The summed E-state index contributed by atoms with van der Waals surface area (Å²) in [5.41, 5.74) is 4.37. The zero-order chi connectivity index (χ0) is 33.6. The number of nitrogens with zero attached hydrogens (tertiary/aromatic N) is 2. The number of hydrogen-bond acceptors (Lipinski definition) is 4. The van der Waals surface area contributed by atoms with Crippen LogP contribution in [-0.4, -0.2) is 43.8 Å². The molecule has 0 unspecified atom stereocenters. The van der Waals surface area contributed by atoms with Gasteiger partial charge >= 0.3 is 0 Å². The number of nitrogens with one attached hydrogen (secondary N) is 1. The number of amides is 2. The fourth-order valence-electron chi connectivity index (χ4n) is 5.13. The number of sulfonamides is 1. The number of anilines is 1. The molecule has 0 heterocycles. The van der Waals surface area contributed by atoms with Crippen molar-refractivity contribution in [3.63, 3.8) is 0 Å². The predicted molar refractivity (Wildman–Crippen MR) is 186 cm³/mol. The Labute approximate surface area is 282 Å². The Hall–Kier alpha value is -3.85. The quantitative estimate of drug-likeness (QED) is 0.171. The molecule has 46 heavy (non-hydrogen) atoms. The maximum atomic E-state index is 14.6. The van der Waals surface area contributed by atoms with Crippen LogP contribution in [0.4, 0.5) is 5.69 Å². The first kappa shape index (κ1) is 35.0. The van der Waals surface area contributed by atoms with Crippen molar-refractivity contribution in [1.82, 2.24) is 10.2 Å². The van der Waals surface area contributed by atoms with E-state index in [4.69, 9.17) is 23.2 Å². The molecule has 7 nitrogen and oxygen atoms in total. The molecular formula is C36H39Cl2N3O4S. The van der Waals surface area contributed by atoms with E-state index in [9.17, 15) is 18.0 Å². The molecule has 2 amide bonds. The lowest BCUT2D eigenvalue weighted by atomic mass is 10.0. The Morgan fingerprint density at radius 2 is 1.48 bits per heavy atom. The van der Waals surface area contributed by atoms with Crippen molar-refractivity contribution in [3.05, 3.63) is 129 Å². The van der Waals surface area contributed by atoms with Crippen LogP contribution in [0.1, 0.15) is 41.7 Å². The molecule has 0 aliphatic heterocycles. The number of hydrogen-bond donors (Lipinski definition) is 1. The Morgan fingerprint density at radius 3 is 2.11 bits per heavy atom. The molecule has 4 aromatic carbocycles. The third-order valence-corrected chi connectivity index (χ3v) is 10.3. The van der Waals surface area contributed by atoms with Crippen molar-refractivity contribution in [2.45, 2.75) is 64.6 Å². The van der Waals surface area contributed by atoms with Gasteiger partial charge in [-0.1, -0.05) is 89.4 Å². The molecule has 0 bridgehead atoms. The lowest BCUT2D eigenvalue weighted by Gasteiger charge is -2.34. The van der Waals surface area contributed by atoms with Crippen molar-refractivity contribution in [1.29, 1.82) is 0 Å². The van der Waals surface area contributed by atoms with E-state index in [-0.39, 0.29) is 29.8 Å². The molecule has 4 rings (SSSR count). The van der Waals surface area contributed by atoms with Crippen LogP contribution in [0, 0.1) is 20.8 Å². The maximum Gasteiger partial charge on any atom is 0.264 e. The van der Waals surface area contributed by atoms with E-state index in [1.54, 1.807) is 42.5 Å². The minimum absolute atomic E-state index is 0.00996. The fraction of sp³-hybridized carbons (Fsp3) is 0.278. The van der Waals surface area contributed by atoms with Crippen LogP contribution in [0.3, 0.4) is 0 Å². The molecule has 0 radical (unpaired) electrons. The minimum Gasteiger partial charge on any atom is -0.352 e. The van der Waals surface area contributed by atoms with Crippen molar-refractivity contribution < 1.29 is 18.0 Å². The molecule has 0 fully saturated rings. The lowest BCUT2D eigenvalue weighted by Crippen LogP contribution is -2.54. The number of carbonyl (C=O) groups excluding carboxylic acids is 2. The van der Waals surface area contributed by atoms with Gasteiger partial charge in [-0.05, 0) is 87.2 Å². The van der Waals surface area contributed by atoms with Crippen LogP contribution >= 0.6 is 23.2 Å². The lowest BCUT2D eigenvalue weighted by molar-refractivity contribution is -0.140. The highest BCUT2D eigenvalue weighted by molar-refractivity contribution is 7.92. The minimum atomic E-state index is -4.20. The molecule has 0 saturated carbocycles. The maximum absolute atomic E-state index is 14.6. The van der Waals surface area contributed by atoms with Gasteiger partial charge in [0.1, 0.15) is 12.6 Å². The summed E-state index contributed by atoms with van der Waals surface area (Å²) < 4.78 is 29.7. The third-order valence-electron chi connectivity index (χ3n) is 7.77. The van der Waals surface area contributed by atoms with Crippen molar-refractivity contribution >= 4 is 50.7 Å². The molecular weight excluding hydrogens is 641 g/mol. The zero-order valence-electron chi connectivity index (χ0n) is 26.6. The Bertz CT molecular complexity index is 1800. The molecule has 0 aromatic heterocycles. The Morgan fingerprint density at radius 1 is 0.804 bits per heavy atom. The molecule has 10 heteroatoms. The summed E-state index contributed by atoms with van der Waals surface area (Å²) in [6.07, 6.45) is 0.209. The summed E-state index contributed by atoms with van der Waals surface area (Å²) >= 11 is 12.5. The fourth-order valence-corrected chi connectivity index (χ4v) is 6.92. The van der Waals surface area contributed by atoms with E-state index >= 15 is 0 Å². The van der Waals surface area contributed by atoms with Crippen LogP contribution in [0.25, 0.3) is 0 Å². The highest BCUT2D eigenvalue weighted by atomic mass is 35.5. The van der Waals surface area contributed by atoms with Gasteiger partial charge < -0.3 is 10.2 Å². The van der Waals surface area contributed by atoms with Gasteiger partial charge in [0.2, 0.25) is 11.8 Å². The van der Waals surface area contributed by atoms with E-state index in [1.165, 1.54) is 17.0 Å². The summed E-state index contributed by atoms with van der Waals surface area (Å²) in [7, 11) is -4.20. The van der Waals surface area contributed by atoms with Crippen LogP contribution in [0.5, 0.6) is 0 Å².